The van der Waals surface area contributed by atoms with Gasteiger partial charge in [0.15, 0.2) is 0 Å². The number of carbonyl (C=O) groups excluding carboxylic acids is 1. The lowest BCUT2D eigenvalue weighted by atomic mass is 10.1. The van der Waals surface area contributed by atoms with E-state index in [1.807, 2.05) is 24.3 Å². The summed E-state index contributed by atoms with van der Waals surface area (Å²) < 4.78 is 0.959. The Labute approximate surface area is 116 Å². The molecular formula is C13H18BrN3O. The molecule has 1 atom stereocenters. The van der Waals surface area contributed by atoms with Crippen molar-refractivity contribution < 1.29 is 4.79 Å². The fraction of sp³-hybridized carbons (Fsp3) is 0.462. The number of rotatable bonds is 3. The first-order valence-corrected chi connectivity index (χ1v) is 6.96. The molecular weight excluding hydrogens is 294 g/mol. The third-order valence-electron chi connectivity index (χ3n) is 3.02. The highest BCUT2D eigenvalue weighted by Crippen LogP contribution is 2.15. The maximum atomic E-state index is 11.9. The first kappa shape index (κ1) is 13.5. The zero-order chi connectivity index (χ0) is 13.0. The molecule has 5 heteroatoms. The Morgan fingerprint density at radius 1 is 1.56 bits per heavy atom. The molecule has 0 spiro atoms. The van der Waals surface area contributed by atoms with Crippen LogP contribution in [0.2, 0.25) is 0 Å². The number of nitrogens with one attached hydrogen (secondary N) is 1. The highest BCUT2D eigenvalue weighted by atomic mass is 79.9. The van der Waals surface area contributed by atoms with E-state index in [1.54, 1.807) is 0 Å². The topological polar surface area (TPSA) is 58.4 Å². The van der Waals surface area contributed by atoms with Crippen molar-refractivity contribution in [1.82, 2.24) is 4.90 Å². The van der Waals surface area contributed by atoms with Crippen molar-refractivity contribution in [2.75, 3.05) is 25.0 Å². The molecule has 1 heterocycles. The van der Waals surface area contributed by atoms with Gasteiger partial charge >= 0.3 is 0 Å². The van der Waals surface area contributed by atoms with Gasteiger partial charge in [-0.05, 0) is 37.6 Å². The Hall–Kier alpha value is -0.910. The molecule has 1 aromatic carbocycles. The molecule has 1 saturated heterocycles. The fourth-order valence-electron chi connectivity index (χ4n) is 2.20. The van der Waals surface area contributed by atoms with Crippen molar-refractivity contribution in [1.29, 1.82) is 0 Å². The van der Waals surface area contributed by atoms with Gasteiger partial charge in [-0.1, -0.05) is 22.0 Å². The van der Waals surface area contributed by atoms with Gasteiger partial charge in [0.05, 0.1) is 6.54 Å². The number of hydrogen-bond acceptors (Lipinski definition) is 3. The van der Waals surface area contributed by atoms with Crippen LogP contribution in [0.25, 0.3) is 0 Å². The van der Waals surface area contributed by atoms with E-state index in [-0.39, 0.29) is 11.9 Å². The molecule has 0 bridgehead atoms. The first-order chi connectivity index (χ1) is 8.63. The monoisotopic (exact) mass is 311 g/mol. The smallest absolute Gasteiger partial charge is 0.238 e. The molecule has 1 fully saturated rings. The third kappa shape index (κ3) is 4.08. The SMILES string of the molecule is N[C@@H]1CCCN(CC(=O)Nc2cccc(Br)c2)C1. The number of piperidine rings is 1. The van der Waals surface area contributed by atoms with E-state index >= 15 is 0 Å². The predicted octanol–water partition coefficient (Wildman–Crippen LogP) is 1.81. The minimum atomic E-state index is 0.0159. The lowest BCUT2D eigenvalue weighted by Gasteiger charge is -2.29. The van der Waals surface area contributed by atoms with Gasteiger partial charge in [-0.3, -0.25) is 9.69 Å². The van der Waals surface area contributed by atoms with E-state index in [4.69, 9.17) is 5.73 Å². The summed E-state index contributed by atoms with van der Waals surface area (Å²) in [4.78, 5) is 14.0. The largest absolute Gasteiger partial charge is 0.327 e. The normalized spacial score (nSPS) is 20.7. The van der Waals surface area contributed by atoms with E-state index < -0.39 is 0 Å². The van der Waals surface area contributed by atoms with E-state index in [0.29, 0.717) is 6.54 Å². The van der Waals surface area contributed by atoms with Crippen LogP contribution in [0.4, 0.5) is 5.69 Å². The van der Waals surface area contributed by atoms with Crippen LogP contribution in [-0.2, 0) is 4.79 Å². The Balaban J connectivity index is 1.85. The standard InChI is InChI=1S/C13H18BrN3O/c14-10-3-1-5-12(7-10)16-13(18)9-17-6-2-4-11(15)8-17/h1,3,5,7,11H,2,4,6,8-9,15H2,(H,16,18)/t11-/m1/s1. The number of likely N-dealkylation sites (tertiary alicyclic amines) is 1. The number of anilines is 1. The number of benzene rings is 1. The Morgan fingerprint density at radius 3 is 3.11 bits per heavy atom. The lowest BCUT2D eigenvalue weighted by molar-refractivity contribution is -0.117. The van der Waals surface area contributed by atoms with Crippen molar-refractivity contribution in [2.45, 2.75) is 18.9 Å². The van der Waals surface area contributed by atoms with E-state index in [1.165, 1.54) is 0 Å². The van der Waals surface area contributed by atoms with Gasteiger partial charge < -0.3 is 11.1 Å². The molecule has 98 valence electrons. The highest BCUT2D eigenvalue weighted by Gasteiger charge is 2.18. The maximum Gasteiger partial charge on any atom is 0.238 e. The van der Waals surface area contributed by atoms with Crippen LogP contribution >= 0.6 is 15.9 Å². The van der Waals surface area contributed by atoms with Crippen LogP contribution < -0.4 is 11.1 Å². The molecule has 0 radical (unpaired) electrons. The molecule has 0 unspecified atom stereocenters. The van der Waals surface area contributed by atoms with Gasteiger partial charge in [-0.25, -0.2) is 0 Å². The highest BCUT2D eigenvalue weighted by molar-refractivity contribution is 9.10. The molecule has 4 nitrogen and oxygen atoms in total. The molecule has 2 rings (SSSR count). The summed E-state index contributed by atoms with van der Waals surface area (Å²) in [6, 6.07) is 7.80. The van der Waals surface area contributed by atoms with Crippen molar-refractivity contribution >= 4 is 27.5 Å². The zero-order valence-corrected chi connectivity index (χ0v) is 11.8. The number of nitrogens with two attached hydrogens (primary N) is 1. The van der Waals surface area contributed by atoms with Gasteiger partial charge in [0, 0.05) is 22.7 Å². The van der Waals surface area contributed by atoms with Gasteiger partial charge in [0.2, 0.25) is 5.91 Å². The van der Waals surface area contributed by atoms with Gasteiger partial charge in [0.25, 0.3) is 0 Å². The van der Waals surface area contributed by atoms with Crippen LogP contribution in [0.5, 0.6) is 0 Å². The second-order valence-electron chi connectivity index (χ2n) is 4.70. The summed E-state index contributed by atoms with van der Waals surface area (Å²) in [7, 11) is 0. The average molecular weight is 312 g/mol. The minimum absolute atomic E-state index is 0.0159. The van der Waals surface area contributed by atoms with E-state index in [9.17, 15) is 4.79 Å². The molecule has 0 aliphatic carbocycles. The van der Waals surface area contributed by atoms with Crippen LogP contribution in [0.1, 0.15) is 12.8 Å². The third-order valence-corrected chi connectivity index (χ3v) is 3.51. The number of amides is 1. The molecule has 3 N–H and O–H groups in total. The fourth-order valence-corrected chi connectivity index (χ4v) is 2.60. The zero-order valence-electron chi connectivity index (χ0n) is 10.2. The lowest BCUT2D eigenvalue weighted by Crippen LogP contribution is -2.45. The van der Waals surface area contributed by atoms with Crippen molar-refractivity contribution in [3.8, 4) is 0 Å². The Morgan fingerprint density at radius 2 is 2.39 bits per heavy atom. The average Bonchev–Trinajstić information content (AvgIpc) is 2.28. The second-order valence-corrected chi connectivity index (χ2v) is 5.61. The summed E-state index contributed by atoms with van der Waals surface area (Å²) in [6.07, 6.45) is 2.13. The summed E-state index contributed by atoms with van der Waals surface area (Å²) >= 11 is 3.38. The second kappa shape index (κ2) is 6.31. The minimum Gasteiger partial charge on any atom is -0.327 e. The van der Waals surface area contributed by atoms with Crippen LogP contribution in [0.15, 0.2) is 28.7 Å². The number of hydrogen-bond donors (Lipinski definition) is 2. The Bertz CT molecular complexity index is 424. The molecule has 1 aromatic rings. The summed E-state index contributed by atoms with van der Waals surface area (Å²) in [6.45, 7) is 2.19. The van der Waals surface area contributed by atoms with E-state index in [2.05, 4.69) is 26.1 Å². The Kier molecular flexibility index (Phi) is 4.74. The van der Waals surface area contributed by atoms with Crippen LogP contribution in [-0.4, -0.2) is 36.5 Å². The van der Waals surface area contributed by atoms with Crippen LogP contribution in [0.3, 0.4) is 0 Å². The van der Waals surface area contributed by atoms with Crippen molar-refractivity contribution in [3.63, 3.8) is 0 Å². The number of carbonyl (C=O) groups is 1. The first-order valence-electron chi connectivity index (χ1n) is 6.17. The molecule has 1 amide bonds. The maximum absolute atomic E-state index is 11.9. The summed E-state index contributed by atoms with van der Waals surface area (Å²) in [5, 5.41) is 2.89. The summed E-state index contributed by atoms with van der Waals surface area (Å²) in [5.41, 5.74) is 6.71. The van der Waals surface area contributed by atoms with Crippen molar-refractivity contribution in [2.24, 2.45) is 5.73 Å². The van der Waals surface area contributed by atoms with Crippen molar-refractivity contribution in [3.05, 3.63) is 28.7 Å². The van der Waals surface area contributed by atoms with Gasteiger partial charge in [-0.2, -0.15) is 0 Å². The summed E-state index contributed by atoms with van der Waals surface area (Å²) in [5.74, 6) is 0.0159. The number of nitrogens with zero attached hydrogens (tertiary/aromatic N) is 1. The number of halogens is 1. The molecule has 1 aliphatic rings. The van der Waals surface area contributed by atoms with Crippen LogP contribution in [0, 0.1) is 0 Å². The molecule has 18 heavy (non-hydrogen) atoms. The quantitative estimate of drug-likeness (QED) is 0.895. The van der Waals surface area contributed by atoms with Gasteiger partial charge in [-0.15, -0.1) is 0 Å². The van der Waals surface area contributed by atoms with E-state index in [0.717, 1.165) is 36.1 Å². The molecule has 0 aromatic heterocycles. The predicted molar refractivity (Wildman–Crippen MR) is 76.4 cm³/mol. The van der Waals surface area contributed by atoms with Gasteiger partial charge in [0.1, 0.15) is 0 Å². The molecule has 1 aliphatic heterocycles. The molecule has 0 saturated carbocycles.